The van der Waals surface area contributed by atoms with Crippen LogP contribution in [-0.4, -0.2) is 28.8 Å². The fourth-order valence-corrected chi connectivity index (χ4v) is 11.8. The lowest BCUT2D eigenvalue weighted by molar-refractivity contribution is -0.219. The Hall–Kier alpha value is -2.04. The number of esters is 2. The van der Waals surface area contributed by atoms with E-state index in [1.165, 1.54) is 57.8 Å². The molecule has 236 valence electrons. The second kappa shape index (κ2) is 11.1. The quantitative estimate of drug-likeness (QED) is 0.277. The van der Waals surface area contributed by atoms with Crippen LogP contribution in [0.4, 0.5) is 0 Å². The molecule has 7 saturated carbocycles. The Kier molecular flexibility index (Phi) is 7.65. The van der Waals surface area contributed by atoms with Gasteiger partial charge in [0, 0.05) is 0 Å². The van der Waals surface area contributed by atoms with Crippen molar-refractivity contribution in [3.05, 3.63) is 29.8 Å². The molecule has 7 aliphatic carbocycles. The standard InChI is InChI=1S/C38H54O5/c1-5-38(28-15-23-14-24(17-28)18-29(38)16-23)43-36(41)37(3,4)21-27(13-22(2)25-9-11-30(39)12-10-25)35(40)42-34-20-26-19-33(34)32-8-6-7-31(26)32/h9-12,22-24,26-29,31-34,39H,5-8,13-21H2,1-4H3. The number of ether oxygens (including phenoxy) is 2. The molecule has 43 heavy (non-hydrogen) atoms. The van der Waals surface area contributed by atoms with Crippen molar-refractivity contribution in [1.29, 1.82) is 0 Å². The van der Waals surface area contributed by atoms with Crippen LogP contribution in [0.1, 0.15) is 123 Å². The van der Waals surface area contributed by atoms with Crippen molar-refractivity contribution >= 4 is 11.9 Å². The minimum atomic E-state index is -0.791. The van der Waals surface area contributed by atoms with Crippen LogP contribution in [0, 0.1) is 58.7 Å². The molecular formula is C38H54O5. The Bertz CT molecular complexity index is 1170. The highest BCUT2D eigenvalue weighted by Crippen LogP contribution is 2.62. The largest absolute Gasteiger partial charge is 0.508 e. The fraction of sp³-hybridized carbons (Fsp3) is 0.789. The average Bonchev–Trinajstić information content (AvgIpc) is 3.69. The summed E-state index contributed by atoms with van der Waals surface area (Å²) >= 11 is 0. The van der Waals surface area contributed by atoms with Crippen molar-refractivity contribution in [3.63, 3.8) is 0 Å². The first-order valence-corrected chi connectivity index (χ1v) is 17.8. The second-order valence-electron chi connectivity index (χ2n) is 16.6. The molecule has 7 aliphatic rings. The molecular weight excluding hydrogens is 536 g/mol. The van der Waals surface area contributed by atoms with Crippen molar-refractivity contribution in [2.45, 2.75) is 129 Å². The molecule has 0 amide bonds. The molecule has 1 aromatic rings. The molecule has 1 N–H and O–H groups in total. The number of carbonyl (C=O) groups excluding carboxylic acids is 2. The number of hydrogen-bond donors (Lipinski definition) is 1. The van der Waals surface area contributed by atoms with Crippen LogP contribution in [0.25, 0.3) is 0 Å². The molecule has 1 aromatic carbocycles. The minimum absolute atomic E-state index is 0.0369. The molecule has 8 rings (SSSR count). The summed E-state index contributed by atoms with van der Waals surface area (Å²) in [5.74, 6) is 5.14. The van der Waals surface area contributed by atoms with E-state index in [9.17, 15) is 14.7 Å². The van der Waals surface area contributed by atoms with Crippen molar-refractivity contribution in [2.24, 2.45) is 58.7 Å². The average molecular weight is 591 g/mol. The Morgan fingerprint density at radius 3 is 2.23 bits per heavy atom. The van der Waals surface area contributed by atoms with Gasteiger partial charge in [0.15, 0.2) is 0 Å². The van der Waals surface area contributed by atoms with Gasteiger partial charge in [-0.1, -0.05) is 32.4 Å². The molecule has 0 saturated heterocycles. The smallest absolute Gasteiger partial charge is 0.312 e. The summed E-state index contributed by atoms with van der Waals surface area (Å²) in [6.07, 6.45) is 14.4. The molecule has 0 heterocycles. The van der Waals surface area contributed by atoms with Gasteiger partial charge in [0.1, 0.15) is 17.5 Å². The zero-order chi connectivity index (χ0) is 30.1. The van der Waals surface area contributed by atoms with E-state index in [2.05, 4.69) is 13.8 Å². The van der Waals surface area contributed by atoms with E-state index in [1.807, 2.05) is 26.0 Å². The van der Waals surface area contributed by atoms with E-state index in [0.717, 1.165) is 48.0 Å². The number of hydrogen-bond acceptors (Lipinski definition) is 5. The SMILES string of the molecule is CCC1(OC(=O)C(C)(C)CC(CC(C)c2ccc(O)cc2)C(=O)OC2CC3CC2C2CCCC32)C2CC3CC(C2)CC1C3. The number of phenolic OH excluding ortho intramolecular Hbond substituents is 1. The monoisotopic (exact) mass is 590 g/mol. The van der Waals surface area contributed by atoms with Crippen molar-refractivity contribution in [1.82, 2.24) is 0 Å². The third kappa shape index (κ3) is 5.23. The summed E-state index contributed by atoms with van der Waals surface area (Å²) in [5, 5.41) is 9.82. The maximum Gasteiger partial charge on any atom is 0.312 e. The van der Waals surface area contributed by atoms with Crippen molar-refractivity contribution in [3.8, 4) is 5.75 Å². The topological polar surface area (TPSA) is 72.8 Å². The van der Waals surface area contributed by atoms with Crippen LogP contribution >= 0.6 is 0 Å². The van der Waals surface area contributed by atoms with Gasteiger partial charge in [0.25, 0.3) is 0 Å². The van der Waals surface area contributed by atoms with Crippen LogP contribution in [0.5, 0.6) is 5.75 Å². The molecule has 7 atom stereocenters. The molecule has 0 radical (unpaired) electrons. The lowest BCUT2D eigenvalue weighted by Crippen LogP contribution is -2.60. The molecule has 0 aliphatic heterocycles. The summed E-state index contributed by atoms with van der Waals surface area (Å²) in [7, 11) is 0. The lowest BCUT2D eigenvalue weighted by Gasteiger charge is -2.60. The molecule has 6 bridgehead atoms. The summed E-state index contributed by atoms with van der Waals surface area (Å²) in [5.41, 5.74) is -0.0402. The third-order valence-electron chi connectivity index (χ3n) is 13.7. The summed E-state index contributed by atoms with van der Waals surface area (Å²) in [4.78, 5) is 28.2. The Morgan fingerprint density at radius 1 is 0.930 bits per heavy atom. The van der Waals surface area contributed by atoms with E-state index in [4.69, 9.17) is 9.47 Å². The van der Waals surface area contributed by atoms with E-state index in [0.29, 0.717) is 30.6 Å². The Morgan fingerprint density at radius 2 is 1.58 bits per heavy atom. The van der Waals surface area contributed by atoms with Crippen LogP contribution in [0.2, 0.25) is 0 Å². The first kappa shape index (κ1) is 29.7. The van der Waals surface area contributed by atoms with Gasteiger partial charge in [-0.2, -0.15) is 0 Å². The first-order chi connectivity index (χ1) is 20.6. The van der Waals surface area contributed by atoms with Gasteiger partial charge >= 0.3 is 11.9 Å². The number of phenols is 1. The molecule has 5 nitrogen and oxygen atoms in total. The van der Waals surface area contributed by atoms with Gasteiger partial charge in [-0.05, 0) is 162 Å². The Balaban J connectivity index is 1.08. The fourth-order valence-electron chi connectivity index (χ4n) is 11.8. The van der Waals surface area contributed by atoms with Gasteiger partial charge in [0.05, 0.1) is 11.3 Å². The highest BCUT2D eigenvalue weighted by atomic mass is 16.6. The molecule has 7 unspecified atom stereocenters. The highest BCUT2D eigenvalue weighted by Gasteiger charge is 2.60. The molecule has 7 fully saturated rings. The maximum absolute atomic E-state index is 14.1. The zero-order valence-electron chi connectivity index (χ0n) is 26.9. The predicted molar refractivity (Wildman–Crippen MR) is 166 cm³/mol. The Labute approximate surface area is 258 Å². The van der Waals surface area contributed by atoms with Gasteiger partial charge in [-0.15, -0.1) is 0 Å². The minimum Gasteiger partial charge on any atom is -0.508 e. The van der Waals surface area contributed by atoms with E-state index in [1.54, 1.807) is 12.1 Å². The highest BCUT2D eigenvalue weighted by molar-refractivity contribution is 5.79. The predicted octanol–water partition coefficient (Wildman–Crippen LogP) is 8.43. The first-order valence-electron chi connectivity index (χ1n) is 17.8. The van der Waals surface area contributed by atoms with E-state index in [-0.39, 0.29) is 41.2 Å². The number of benzene rings is 1. The number of aromatic hydroxyl groups is 1. The molecule has 0 aromatic heterocycles. The lowest BCUT2D eigenvalue weighted by atomic mass is 9.49. The summed E-state index contributed by atoms with van der Waals surface area (Å²) in [6.45, 7) is 8.33. The van der Waals surface area contributed by atoms with E-state index < -0.39 is 5.41 Å². The van der Waals surface area contributed by atoms with Crippen LogP contribution < -0.4 is 0 Å². The third-order valence-corrected chi connectivity index (χ3v) is 13.7. The van der Waals surface area contributed by atoms with Crippen molar-refractivity contribution < 1.29 is 24.2 Å². The van der Waals surface area contributed by atoms with Crippen LogP contribution in [-0.2, 0) is 19.1 Å². The number of rotatable bonds is 10. The second-order valence-corrected chi connectivity index (χ2v) is 16.6. The molecule has 0 spiro atoms. The van der Waals surface area contributed by atoms with Gasteiger partial charge < -0.3 is 14.6 Å². The summed E-state index contributed by atoms with van der Waals surface area (Å²) < 4.78 is 13.1. The van der Waals surface area contributed by atoms with Gasteiger partial charge in [-0.3, -0.25) is 9.59 Å². The van der Waals surface area contributed by atoms with E-state index >= 15 is 0 Å². The zero-order valence-corrected chi connectivity index (χ0v) is 26.9. The molecule has 5 heteroatoms. The van der Waals surface area contributed by atoms with Crippen LogP contribution in [0.15, 0.2) is 24.3 Å². The van der Waals surface area contributed by atoms with Crippen molar-refractivity contribution in [2.75, 3.05) is 0 Å². The van der Waals surface area contributed by atoms with Crippen LogP contribution in [0.3, 0.4) is 0 Å². The van der Waals surface area contributed by atoms with Gasteiger partial charge in [-0.25, -0.2) is 0 Å². The normalized spacial score (nSPS) is 40.3. The number of carbonyl (C=O) groups is 2. The van der Waals surface area contributed by atoms with Gasteiger partial charge in [0.2, 0.25) is 0 Å². The maximum atomic E-state index is 14.1. The summed E-state index contributed by atoms with van der Waals surface area (Å²) in [6, 6.07) is 7.30. The number of fused-ring (bicyclic) bond motifs is 5.